The molecule has 5 heteroatoms. The molecule has 106 valence electrons. The number of nitrogens with zero attached hydrogens (tertiary/aromatic N) is 1. The molecule has 0 fully saturated rings. The second-order valence-electron chi connectivity index (χ2n) is 4.78. The number of nitrogens with one attached hydrogen (secondary N) is 1. The third-order valence-electron chi connectivity index (χ3n) is 3.31. The van der Waals surface area contributed by atoms with E-state index >= 15 is 0 Å². The Bertz CT molecular complexity index is 782. The summed E-state index contributed by atoms with van der Waals surface area (Å²) in [5, 5.41) is 3.02. The Labute approximate surface area is 135 Å². The van der Waals surface area contributed by atoms with E-state index in [1.54, 1.807) is 5.51 Å². The lowest BCUT2D eigenvalue weighted by Crippen LogP contribution is -2.26. The van der Waals surface area contributed by atoms with Gasteiger partial charge in [-0.05, 0) is 42.8 Å². The molecule has 0 aliphatic rings. The van der Waals surface area contributed by atoms with Crippen LogP contribution in [0.25, 0.3) is 10.2 Å². The molecule has 1 aromatic heterocycles. The van der Waals surface area contributed by atoms with Crippen molar-refractivity contribution in [2.45, 2.75) is 13.0 Å². The zero-order chi connectivity index (χ0) is 14.8. The van der Waals surface area contributed by atoms with E-state index in [0.29, 0.717) is 5.56 Å². The smallest absolute Gasteiger partial charge is 0.251 e. The standard InChI is InChI=1S/C16H13BrN2OS/c1-10(11-2-5-13(17)6-3-11)19-16(20)12-4-7-14-15(8-12)21-9-18-14/h2-10H,1H3,(H,19,20)/t10-/m1/s1. The fraction of sp³-hybridized carbons (Fsp3) is 0.125. The number of hydrogen-bond acceptors (Lipinski definition) is 3. The van der Waals surface area contributed by atoms with E-state index in [4.69, 9.17) is 0 Å². The summed E-state index contributed by atoms with van der Waals surface area (Å²) in [7, 11) is 0. The molecule has 0 saturated heterocycles. The van der Waals surface area contributed by atoms with Crippen LogP contribution in [0.15, 0.2) is 52.4 Å². The van der Waals surface area contributed by atoms with E-state index in [2.05, 4.69) is 26.2 Å². The molecular formula is C16H13BrN2OS. The van der Waals surface area contributed by atoms with Crippen molar-refractivity contribution in [3.63, 3.8) is 0 Å². The summed E-state index contributed by atoms with van der Waals surface area (Å²) in [5.74, 6) is -0.0688. The van der Waals surface area contributed by atoms with Crippen LogP contribution in [0.5, 0.6) is 0 Å². The summed E-state index contributed by atoms with van der Waals surface area (Å²) in [6.07, 6.45) is 0. The van der Waals surface area contributed by atoms with Crippen LogP contribution in [-0.4, -0.2) is 10.9 Å². The van der Waals surface area contributed by atoms with Crippen LogP contribution >= 0.6 is 27.3 Å². The number of carbonyl (C=O) groups excluding carboxylic acids is 1. The number of carbonyl (C=O) groups is 1. The molecule has 1 amide bonds. The van der Waals surface area contributed by atoms with Gasteiger partial charge < -0.3 is 5.32 Å². The van der Waals surface area contributed by atoms with Gasteiger partial charge in [0.1, 0.15) is 0 Å². The molecule has 3 rings (SSSR count). The molecule has 3 nitrogen and oxygen atoms in total. The molecule has 1 N–H and O–H groups in total. The molecule has 0 bridgehead atoms. The molecule has 1 heterocycles. The first-order valence-corrected chi connectivity index (χ1v) is 8.20. The van der Waals surface area contributed by atoms with Crippen LogP contribution in [0.1, 0.15) is 28.9 Å². The predicted molar refractivity (Wildman–Crippen MR) is 89.6 cm³/mol. The van der Waals surface area contributed by atoms with E-state index in [1.807, 2.05) is 49.4 Å². The zero-order valence-corrected chi connectivity index (χ0v) is 13.7. The minimum Gasteiger partial charge on any atom is -0.346 e. The van der Waals surface area contributed by atoms with E-state index < -0.39 is 0 Å². The number of rotatable bonds is 3. The van der Waals surface area contributed by atoms with Gasteiger partial charge in [-0.2, -0.15) is 0 Å². The van der Waals surface area contributed by atoms with Gasteiger partial charge in [-0.1, -0.05) is 28.1 Å². The van der Waals surface area contributed by atoms with Crippen molar-refractivity contribution < 1.29 is 4.79 Å². The minimum atomic E-state index is -0.0688. The molecule has 0 spiro atoms. The number of amides is 1. The molecule has 0 aliphatic heterocycles. The van der Waals surface area contributed by atoms with Crippen molar-refractivity contribution in [2.75, 3.05) is 0 Å². The van der Waals surface area contributed by atoms with Gasteiger partial charge in [-0.15, -0.1) is 11.3 Å². The third-order valence-corrected chi connectivity index (χ3v) is 4.63. The second-order valence-corrected chi connectivity index (χ2v) is 6.58. The molecule has 0 unspecified atom stereocenters. The summed E-state index contributed by atoms with van der Waals surface area (Å²) in [5.41, 5.74) is 4.45. The highest BCUT2D eigenvalue weighted by molar-refractivity contribution is 9.10. The van der Waals surface area contributed by atoms with Crippen LogP contribution in [0, 0.1) is 0 Å². The van der Waals surface area contributed by atoms with Crippen LogP contribution in [0.2, 0.25) is 0 Å². The summed E-state index contributed by atoms with van der Waals surface area (Å²) in [4.78, 5) is 16.5. The Balaban J connectivity index is 1.77. The van der Waals surface area contributed by atoms with E-state index in [9.17, 15) is 4.79 Å². The first kappa shape index (κ1) is 14.2. The second kappa shape index (κ2) is 5.95. The Hall–Kier alpha value is -1.72. The van der Waals surface area contributed by atoms with E-state index in [1.165, 1.54) is 11.3 Å². The number of aromatic nitrogens is 1. The normalized spacial score (nSPS) is 12.3. The molecular weight excluding hydrogens is 348 g/mol. The lowest BCUT2D eigenvalue weighted by atomic mass is 10.1. The third kappa shape index (κ3) is 3.14. The van der Waals surface area contributed by atoms with Crippen molar-refractivity contribution in [1.82, 2.24) is 10.3 Å². The van der Waals surface area contributed by atoms with Gasteiger partial charge in [-0.3, -0.25) is 4.79 Å². The Morgan fingerprint density at radius 2 is 2.00 bits per heavy atom. The number of thiazole rings is 1. The van der Waals surface area contributed by atoms with Crippen LogP contribution in [0.4, 0.5) is 0 Å². The quantitative estimate of drug-likeness (QED) is 0.744. The Morgan fingerprint density at radius 1 is 1.24 bits per heavy atom. The van der Waals surface area contributed by atoms with Crippen LogP contribution in [-0.2, 0) is 0 Å². The van der Waals surface area contributed by atoms with Crippen LogP contribution < -0.4 is 5.32 Å². The largest absolute Gasteiger partial charge is 0.346 e. The maximum absolute atomic E-state index is 12.3. The lowest BCUT2D eigenvalue weighted by Gasteiger charge is -2.14. The first-order chi connectivity index (χ1) is 10.1. The van der Waals surface area contributed by atoms with Gasteiger partial charge in [0.25, 0.3) is 5.91 Å². The van der Waals surface area contributed by atoms with Crippen LogP contribution in [0.3, 0.4) is 0 Å². The molecule has 3 aromatic rings. The highest BCUT2D eigenvalue weighted by Crippen LogP contribution is 2.20. The van der Waals surface area contributed by atoms with Gasteiger partial charge in [-0.25, -0.2) is 4.98 Å². The topological polar surface area (TPSA) is 42.0 Å². The molecule has 21 heavy (non-hydrogen) atoms. The zero-order valence-electron chi connectivity index (χ0n) is 11.3. The van der Waals surface area contributed by atoms with Crippen molar-refractivity contribution in [3.05, 3.63) is 63.6 Å². The number of benzene rings is 2. The summed E-state index contributed by atoms with van der Waals surface area (Å²) < 4.78 is 2.05. The van der Waals surface area contributed by atoms with Gasteiger partial charge >= 0.3 is 0 Å². The summed E-state index contributed by atoms with van der Waals surface area (Å²) >= 11 is 4.95. The fourth-order valence-electron chi connectivity index (χ4n) is 2.11. The van der Waals surface area contributed by atoms with Gasteiger partial charge in [0.15, 0.2) is 0 Å². The summed E-state index contributed by atoms with van der Waals surface area (Å²) in [6, 6.07) is 13.5. The number of hydrogen-bond donors (Lipinski definition) is 1. The average Bonchev–Trinajstić information content (AvgIpc) is 2.95. The maximum Gasteiger partial charge on any atom is 0.251 e. The first-order valence-electron chi connectivity index (χ1n) is 6.53. The van der Waals surface area contributed by atoms with Gasteiger partial charge in [0.2, 0.25) is 0 Å². The number of halogens is 1. The number of fused-ring (bicyclic) bond motifs is 1. The molecule has 0 aliphatic carbocycles. The Kier molecular flexibility index (Phi) is 4.03. The molecule has 0 radical (unpaired) electrons. The van der Waals surface area contributed by atoms with E-state index in [-0.39, 0.29) is 11.9 Å². The van der Waals surface area contributed by atoms with Gasteiger partial charge in [0, 0.05) is 10.0 Å². The van der Waals surface area contributed by atoms with Crippen molar-refractivity contribution in [3.8, 4) is 0 Å². The monoisotopic (exact) mass is 360 g/mol. The van der Waals surface area contributed by atoms with Gasteiger partial charge in [0.05, 0.1) is 21.8 Å². The lowest BCUT2D eigenvalue weighted by molar-refractivity contribution is 0.0940. The maximum atomic E-state index is 12.3. The summed E-state index contributed by atoms with van der Waals surface area (Å²) in [6.45, 7) is 1.98. The fourth-order valence-corrected chi connectivity index (χ4v) is 3.09. The van der Waals surface area contributed by atoms with Crippen molar-refractivity contribution in [1.29, 1.82) is 0 Å². The average molecular weight is 361 g/mol. The molecule has 2 aromatic carbocycles. The highest BCUT2D eigenvalue weighted by Gasteiger charge is 2.12. The highest BCUT2D eigenvalue weighted by atomic mass is 79.9. The van der Waals surface area contributed by atoms with Crippen molar-refractivity contribution in [2.24, 2.45) is 0 Å². The molecule has 0 saturated carbocycles. The van der Waals surface area contributed by atoms with E-state index in [0.717, 1.165) is 20.3 Å². The SMILES string of the molecule is C[C@@H](NC(=O)c1ccc2ncsc2c1)c1ccc(Br)cc1. The predicted octanol–water partition coefficient (Wildman–Crippen LogP) is 4.55. The molecule has 1 atom stereocenters. The minimum absolute atomic E-state index is 0.0391. The Morgan fingerprint density at radius 3 is 2.76 bits per heavy atom. The van der Waals surface area contributed by atoms with Crippen molar-refractivity contribution >= 4 is 43.4 Å².